The number of benzene rings is 2. The summed E-state index contributed by atoms with van der Waals surface area (Å²) in [5.74, 6) is -0.382. The minimum Gasteiger partial charge on any atom is -0.396 e. The molecule has 7 heteroatoms. The summed E-state index contributed by atoms with van der Waals surface area (Å²) in [5, 5.41) is 5.14. The predicted molar refractivity (Wildman–Crippen MR) is 81.3 cm³/mol. The number of rotatable bonds is 4. The van der Waals surface area contributed by atoms with E-state index in [-0.39, 0.29) is 16.4 Å². The van der Waals surface area contributed by atoms with Crippen molar-refractivity contribution in [1.82, 2.24) is 0 Å². The predicted octanol–water partition coefficient (Wildman–Crippen LogP) is 2.21. The molecule has 21 heavy (non-hydrogen) atoms. The Hall–Kier alpha value is -2.12. The SMILES string of the molecule is CCN(c1cccc(F)c1)c1cccc(S(N)(=O)=O)c1N. The van der Waals surface area contributed by atoms with Gasteiger partial charge in [-0.15, -0.1) is 0 Å². The maximum absolute atomic E-state index is 13.4. The number of nitrogens with zero attached hydrogens (tertiary/aromatic N) is 1. The molecule has 0 aliphatic heterocycles. The van der Waals surface area contributed by atoms with Crippen molar-refractivity contribution in [2.45, 2.75) is 11.8 Å². The van der Waals surface area contributed by atoms with Gasteiger partial charge in [-0.05, 0) is 37.3 Å². The fourth-order valence-corrected chi connectivity index (χ4v) is 2.83. The summed E-state index contributed by atoms with van der Waals surface area (Å²) in [5.41, 5.74) is 7.02. The van der Waals surface area contributed by atoms with Crippen LogP contribution in [-0.4, -0.2) is 15.0 Å². The Balaban J connectivity index is 2.59. The summed E-state index contributed by atoms with van der Waals surface area (Å²) in [6, 6.07) is 10.5. The van der Waals surface area contributed by atoms with E-state index < -0.39 is 10.0 Å². The minimum absolute atomic E-state index is 0.0473. The molecule has 0 bridgehead atoms. The summed E-state index contributed by atoms with van der Waals surface area (Å²) in [4.78, 5) is 1.57. The highest BCUT2D eigenvalue weighted by molar-refractivity contribution is 7.89. The van der Waals surface area contributed by atoms with Crippen molar-refractivity contribution in [1.29, 1.82) is 0 Å². The highest BCUT2D eigenvalue weighted by Gasteiger charge is 2.18. The lowest BCUT2D eigenvalue weighted by Crippen LogP contribution is -2.20. The van der Waals surface area contributed by atoms with Crippen LogP contribution in [0.4, 0.5) is 21.5 Å². The van der Waals surface area contributed by atoms with E-state index in [4.69, 9.17) is 10.9 Å². The van der Waals surface area contributed by atoms with Crippen LogP contribution in [0.1, 0.15) is 6.92 Å². The van der Waals surface area contributed by atoms with Crippen molar-refractivity contribution >= 4 is 27.1 Å². The first-order chi connectivity index (χ1) is 9.84. The monoisotopic (exact) mass is 309 g/mol. The van der Waals surface area contributed by atoms with Gasteiger partial charge < -0.3 is 10.6 Å². The molecule has 0 heterocycles. The molecular formula is C14H16FN3O2S. The summed E-state index contributed by atoms with van der Waals surface area (Å²) in [6.45, 7) is 2.34. The van der Waals surface area contributed by atoms with Gasteiger partial charge in [-0.1, -0.05) is 12.1 Å². The first kappa shape index (κ1) is 15.3. The molecule has 2 aromatic carbocycles. The van der Waals surface area contributed by atoms with Gasteiger partial charge in [-0.25, -0.2) is 17.9 Å². The molecule has 0 aliphatic carbocycles. The average molecular weight is 309 g/mol. The second-order valence-electron chi connectivity index (χ2n) is 4.46. The summed E-state index contributed by atoms with van der Waals surface area (Å²) >= 11 is 0. The van der Waals surface area contributed by atoms with E-state index >= 15 is 0 Å². The number of anilines is 3. The quantitative estimate of drug-likeness (QED) is 0.847. The third kappa shape index (κ3) is 3.14. The third-order valence-corrected chi connectivity index (χ3v) is 4.05. The van der Waals surface area contributed by atoms with Crippen LogP contribution in [0.25, 0.3) is 0 Å². The third-order valence-electron chi connectivity index (χ3n) is 3.08. The van der Waals surface area contributed by atoms with E-state index in [0.29, 0.717) is 17.9 Å². The molecule has 0 aliphatic rings. The van der Waals surface area contributed by atoms with Crippen molar-refractivity contribution < 1.29 is 12.8 Å². The molecule has 0 saturated carbocycles. The van der Waals surface area contributed by atoms with E-state index in [2.05, 4.69) is 0 Å². The van der Waals surface area contributed by atoms with Gasteiger partial charge in [0.1, 0.15) is 10.7 Å². The number of hydrogen-bond donors (Lipinski definition) is 2. The van der Waals surface area contributed by atoms with Crippen LogP contribution >= 0.6 is 0 Å². The van der Waals surface area contributed by atoms with Gasteiger partial charge in [0.05, 0.1) is 11.4 Å². The van der Waals surface area contributed by atoms with E-state index in [0.717, 1.165) is 0 Å². The number of hydrogen-bond acceptors (Lipinski definition) is 4. The number of halogens is 1. The van der Waals surface area contributed by atoms with E-state index in [1.165, 1.54) is 18.2 Å². The number of primary sulfonamides is 1. The highest BCUT2D eigenvalue weighted by Crippen LogP contribution is 2.34. The normalized spacial score (nSPS) is 11.4. The fourth-order valence-electron chi connectivity index (χ4n) is 2.15. The first-order valence-corrected chi connectivity index (χ1v) is 7.83. The molecule has 0 amide bonds. The van der Waals surface area contributed by atoms with E-state index in [1.807, 2.05) is 6.92 Å². The fraction of sp³-hybridized carbons (Fsp3) is 0.143. The maximum Gasteiger partial charge on any atom is 0.240 e. The molecule has 0 aromatic heterocycles. The van der Waals surface area contributed by atoms with Crippen LogP contribution < -0.4 is 15.8 Å². The molecule has 5 nitrogen and oxygen atoms in total. The van der Waals surface area contributed by atoms with E-state index in [1.54, 1.807) is 29.2 Å². The molecular weight excluding hydrogens is 293 g/mol. The lowest BCUT2D eigenvalue weighted by Gasteiger charge is -2.25. The van der Waals surface area contributed by atoms with Crippen LogP contribution in [0.15, 0.2) is 47.4 Å². The second kappa shape index (κ2) is 5.71. The first-order valence-electron chi connectivity index (χ1n) is 6.29. The summed E-state index contributed by atoms with van der Waals surface area (Å²) in [7, 11) is -3.91. The molecule has 0 saturated heterocycles. The van der Waals surface area contributed by atoms with Crippen LogP contribution in [0.5, 0.6) is 0 Å². The molecule has 0 radical (unpaired) electrons. The standard InChI is InChI=1S/C14H16FN3O2S/c1-2-18(11-6-3-5-10(15)9-11)12-7-4-8-13(14(12)16)21(17,19)20/h3-9H,2,16H2,1H3,(H2,17,19,20). The number of nitrogens with two attached hydrogens (primary N) is 2. The maximum atomic E-state index is 13.4. The number of nitrogen functional groups attached to an aromatic ring is 1. The van der Waals surface area contributed by atoms with Crippen molar-refractivity contribution in [3.8, 4) is 0 Å². The zero-order valence-electron chi connectivity index (χ0n) is 11.5. The van der Waals surface area contributed by atoms with Crippen molar-refractivity contribution in [2.75, 3.05) is 17.2 Å². The van der Waals surface area contributed by atoms with Gasteiger partial charge >= 0.3 is 0 Å². The lowest BCUT2D eigenvalue weighted by molar-refractivity contribution is 0.598. The topological polar surface area (TPSA) is 89.4 Å². The van der Waals surface area contributed by atoms with Crippen LogP contribution in [0, 0.1) is 5.82 Å². The lowest BCUT2D eigenvalue weighted by atomic mass is 10.2. The minimum atomic E-state index is -3.91. The molecule has 4 N–H and O–H groups in total. The van der Waals surface area contributed by atoms with Crippen molar-refractivity contribution in [2.24, 2.45) is 5.14 Å². The smallest absolute Gasteiger partial charge is 0.240 e. The summed E-state index contributed by atoms with van der Waals surface area (Å²) in [6.07, 6.45) is 0. The zero-order valence-corrected chi connectivity index (χ0v) is 12.3. The second-order valence-corrected chi connectivity index (χ2v) is 5.99. The van der Waals surface area contributed by atoms with Gasteiger partial charge in [-0.2, -0.15) is 0 Å². The zero-order chi connectivity index (χ0) is 15.6. The molecule has 0 atom stereocenters. The van der Waals surface area contributed by atoms with Crippen molar-refractivity contribution in [3.63, 3.8) is 0 Å². The summed E-state index contributed by atoms with van der Waals surface area (Å²) < 4.78 is 36.4. The average Bonchev–Trinajstić information content (AvgIpc) is 2.40. The molecule has 0 fully saturated rings. The van der Waals surface area contributed by atoms with Crippen LogP contribution in [0.2, 0.25) is 0 Å². The van der Waals surface area contributed by atoms with Gasteiger partial charge in [0.25, 0.3) is 0 Å². The van der Waals surface area contributed by atoms with Crippen molar-refractivity contribution in [3.05, 3.63) is 48.3 Å². The number of sulfonamides is 1. The Labute approximate surface area is 123 Å². The van der Waals surface area contributed by atoms with Crippen LogP contribution in [-0.2, 0) is 10.0 Å². The largest absolute Gasteiger partial charge is 0.396 e. The Bertz CT molecular complexity index is 763. The van der Waals surface area contributed by atoms with E-state index in [9.17, 15) is 12.8 Å². The molecule has 2 aromatic rings. The van der Waals surface area contributed by atoms with Gasteiger partial charge in [-0.3, -0.25) is 0 Å². The van der Waals surface area contributed by atoms with Gasteiger partial charge in [0.2, 0.25) is 10.0 Å². The molecule has 2 rings (SSSR count). The van der Waals surface area contributed by atoms with Crippen LogP contribution in [0.3, 0.4) is 0 Å². The number of para-hydroxylation sites is 1. The van der Waals surface area contributed by atoms with Gasteiger partial charge in [0, 0.05) is 12.2 Å². The highest BCUT2D eigenvalue weighted by atomic mass is 32.2. The van der Waals surface area contributed by atoms with Gasteiger partial charge in [0.15, 0.2) is 0 Å². The Morgan fingerprint density at radius 1 is 1.19 bits per heavy atom. The Morgan fingerprint density at radius 3 is 2.43 bits per heavy atom. The molecule has 112 valence electrons. The molecule has 0 spiro atoms. The molecule has 0 unspecified atom stereocenters. The Morgan fingerprint density at radius 2 is 1.86 bits per heavy atom. The Kier molecular flexibility index (Phi) is 4.15.